The Morgan fingerprint density at radius 1 is 0.707 bits per heavy atom. The van der Waals surface area contributed by atoms with Crippen LogP contribution in [0.25, 0.3) is 10.8 Å². The molecule has 0 bridgehead atoms. The van der Waals surface area contributed by atoms with E-state index in [-0.39, 0.29) is 42.7 Å². The summed E-state index contributed by atoms with van der Waals surface area (Å²) in [4.78, 5) is 28.6. The van der Waals surface area contributed by atoms with E-state index < -0.39 is 23.2 Å². The Morgan fingerprint density at radius 2 is 1.29 bits per heavy atom. The highest BCUT2D eigenvalue weighted by Gasteiger charge is 2.75. The first-order valence-corrected chi connectivity index (χ1v) is 14.4. The van der Waals surface area contributed by atoms with E-state index in [1.807, 2.05) is 97.1 Å². The third-order valence-electron chi connectivity index (χ3n) is 10.1. The molecule has 1 saturated carbocycles. The molecule has 1 heterocycles. The van der Waals surface area contributed by atoms with Crippen molar-refractivity contribution in [1.29, 1.82) is 0 Å². The first kappa shape index (κ1) is 24.7. The number of benzene rings is 4. The van der Waals surface area contributed by atoms with E-state index in [1.165, 1.54) is 0 Å². The van der Waals surface area contributed by atoms with E-state index >= 15 is 0 Å². The van der Waals surface area contributed by atoms with E-state index in [4.69, 9.17) is 4.74 Å². The minimum Gasteiger partial charge on any atom is -0.465 e. The van der Waals surface area contributed by atoms with Crippen LogP contribution in [-0.4, -0.2) is 27.6 Å². The molecule has 4 aliphatic rings. The molecule has 6 atom stereocenters. The number of fused-ring (bicyclic) bond motifs is 4. The maximum Gasteiger partial charge on any atom is 0.224 e. The van der Waals surface area contributed by atoms with Gasteiger partial charge >= 0.3 is 0 Å². The van der Waals surface area contributed by atoms with Gasteiger partial charge in [0.1, 0.15) is 17.0 Å². The topological polar surface area (TPSA) is 83.8 Å². The lowest BCUT2D eigenvalue weighted by atomic mass is 9.53. The largest absolute Gasteiger partial charge is 0.465 e. The smallest absolute Gasteiger partial charge is 0.224 e. The van der Waals surface area contributed by atoms with Gasteiger partial charge in [0.25, 0.3) is 0 Å². The predicted molar refractivity (Wildman–Crippen MR) is 154 cm³/mol. The summed E-state index contributed by atoms with van der Waals surface area (Å²) in [5, 5.41) is 26.7. The van der Waals surface area contributed by atoms with Gasteiger partial charge in [-0.1, -0.05) is 91.0 Å². The number of carbonyl (C=O) groups is 2. The molecular weight excluding hydrogens is 512 g/mol. The summed E-state index contributed by atoms with van der Waals surface area (Å²) >= 11 is 0. The number of rotatable bonds is 2. The molecule has 1 aliphatic heterocycles. The number of ether oxygens (including phenoxy) is 1. The van der Waals surface area contributed by atoms with Gasteiger partial charge in [-0.05, 0) is 50.9 Å². The number of hydrogen-bond acceptors (Lipinski definition) is 5. The van der Waals surface area contributed by atoms with Gasteiger partial charge in [-0.3, -0.25) is 9.59 Å². The van der Waals surface area contributed by atoms with Crippen LogP contribution in [0.3, 0.4) is 0 Å². The van der Waals surface area contributed by atoms with Gasteiger partial charge in [-0.2, -0.15) is 0 Å². The second-order valence-corrected chi connectivity index (χ2v) is 12.1. The molecule has 0 amide bonds. The third-order valence-corrected chi connectivity index (χ3v) is 10.1. The van der Waals surface area contributed by atoms with Crippen LogP contribution in [0.1, 0.15) is 71.8 Å². The van der Waals surface area contributed by atoms with Gasteiger partial charge in [0.05, 0.1) is 6.10 Å². The fraction of sp³-hybridized carbons (Fsp3) is 0.278. The molecule has 4 aromatic rings. The predicted octanol–water partition coefficient (Wildman–Crippen LogP) is 6.22. The molecule has 204 valence electrons. The number of carbonyl (C=O) groups excluding carboxylic acids is 2. The van der Waals surface area contributed by atoms with E-state index in [0.717, 1.165) is 27.5 Å². The number of allylic oxidation sites excluding steroid dienone is 2. The Kier molecular flexibility index (Phi) is 5.26. The maximum atomic E-state index is 14.5. The third kappa shape index (κ3) is 3.30. The number of aliphatic hydroxyl groups excluding tert-OH is 1. The van der Waals surface area contributed by atoms with Crippen molar-refractivity contribution in [2.45, 2.75) is 55.3 Å². The molecule has 5 nitrogen and oxygen atoms in total. The SMILES string of the molecule is O=C1CC(c2ccccc2)CC2=C1[C@H]1c3cc4ccccc4cc3[C@H](O)[C@]13C(=O)CC(c1ccccc1)C[C@]3(O)O2. The second-order valence-electron chi connectivity index (χ2n) is 12.1. The van der Waals surface area contributed by atoms with E-state index in [1.54, 1.807) is 0 Å². The number of ketones is 2. The maximum absolute atomic E-state index is 14.5. The molecule has 5 heteroatoms. The van der Waals surface area contributed by atoms with Crippen LogP contribution < -0.4 is 0 Å². The van der Waals surface area contributed by atoms with Crippen molar-refractivity contribution in [2.24, 2.45) is 5.41 Å². The van der Waals surface area contributed by atoms with Crippen LogP contribution >= 0.6 is 0 Å². The normalized spacial score (nSPS) is 32.1. The fourth-order valence-corrected chi connectivity index (χ4v) is 8.30. The van der Waals surface area contributed by atoms with Crippen molar-refractivity contribution < 1.29 is 24.5 Å². The summed E-state index contributed by atoms with van der Waals surface area (Å²) < 4.78 is 6.56. The van der Waals surface area contributed by atoms with Crippen LogP contribution in [0.5, 0.6) is 0 Å². The van der Waals surface area contributed by atoms with Gasteiger partial charge in [0.2, 0.25) is 5.79 Å². The monoisotopic (exact) mass is 542 g/mol. The van der Waals surface area contributed by atoms with Crippen LogP contribution in [0.4, 0.5) is 0 Å². The zero-order chi connectivity index (χ0) is 27.9. The van der Waals surface area contributed by atoms with Gasteiger partial charge in [0, 0.05) is 37.2 Å². The van der Waals surface area contributed by atoms with Gasteiger partial charge in [-0.25, -0.2) is 0 Å². The Hall–Kier alpha value is -4.06. The molecule has 41 heavy (non-hydrogen) atoms. The highest BCUT2D eigenvalue weighted by Crippen LogP contribution is 2.71. The van der Waals surface area contributed by atoms with Crippen molar-refractivity contribution in [2.75, 3.05) is 0 Å². The quantitative estimate of drug-likeness (QED) is 0.314. The lowest BCUT2D eigenvalue weighted by Gasteiger charge is -2.57. The van der Waals surface area contributed by atoms with E-state index in [0.29, 0.717) is 23.3 Å². The number of hydrogen-bond donors (Lipinski definition) is 2. The molecule has 0 radical (unpaired) electrons. The summed E-state index contributed by atoms with van der Waals surface area (Å²) in [5.74, 6) is -3.03. The molecule has 0 aromatic heterocycles. The second kappa shape index (κ2) is 8.72. The van der Waals surface area contributed by atoms with Crippen molar-refractivity contribution >= 4 is 22.3 Å². The van der Waals surface area contributed by atoms with Crippen molar-refractivity contribution in [3.63, 3.8) is 0 Å². The highest BCUT2D eigenvalue weighted by molar-refractivity contribution is 6.03. The Labute approximate surface area is 238 Å². The minimum absolute atomic E-state index is 0.0854. The Bertz CT molecular complexity index is 1760. The average molecular weight is 543 g/mol. The summed E-state index contributed by atoms with van der Waals surface area (Å²) in [7, 11) is 0. The molecule has 4 aromatic carbocycles. The lowest BCUT2D eigenvalue weighted by Crippen LogP contribution is -2.65. The van der Waals surface area contributed by atoms with Crippen molar-refractivity contribution in [3.05, 3.63) is 131 Å². The Balaban J connectivity index is 1.35. The zero-order valence-electron chi connectivity index (χ0n) is 22.5. The zero-order valence-corrected chi connectivity index (χ0v) is 22.5. The minimum atomic E-state index is -1.99. The Morgan fingerprint density at radius 3 is 1.95 bits per heavy atom. The molecular formula is C36H30O5. The summed E-state index contributed by atoms with van der Waals surface area (Å²) in [6, 6.07) is 31.4. The highest BCUT2D eigenvalue weighted by atomic mass is 16.6. The van der Waals surface area contributed by atoms with Crippen molar-refractivity contribution in [3.8, 4) is 0 Å². The lowest BCUT2D eigenvalue weighted by molar-refractivity contribution is -0.294. The average Bonchev–Trinajstić information content (AvgIpc) is 3.24. The van der Waals surface area contributed by atoms with Crippen LogP contribution in [0, 0.1) is 5.41 Å². The molecule has 1 fully saturated rings. The van der Waals surface area contributed by atoms with E-state index in [2.05, 4.69) is 0 Å². The molecule has 2 N–H and O–H groups in total. The molecule has 2 unspecified atom stereocenters. The first-order chi connectivity index (χ1) is 19.9. The van der Waals surface area contributed by atoms with E-state index in [9.17, 15) is 19.8 Å². The summed E-state index contributed by atoms with van der Waals surface area (Å²) in [6.45, 7) is 0. The van der Waals surface area contributed by atoms with Crippen LogP contribution in [0.15, 0.2) is 108 Å². The van der Waals surface area contributed by atoms with Gasteiger partial charge in [-0.15, -0.1) is 0 Å². The molecule has 1 spiro atoms. The first-order valence-electron chi connectivity index (χ1n) is 14.4. The number of Topliss-reactive ketones (excluding diaryl/α,β-unsaturated/α-hetero) is 2. The van der Waals surface area contributed by atoms with Gasteiger partial charge < -0.3 is 14.9 Å². The fourth-order valence-electron chi connectivity index (χ4n) is 8.30. The molecule has 3 aliphatic carbocycles. The van der Waals surface area contributed by atoms with Crippen LogP contribution in [-0.2, 0) is 14.3 Å². The van der Waals surface area contributed by atoms with Crippen molar-refractivity contribution in [1.82, 2.24) is 0 Å². The van der Waals surface area contributed by atoms with Gasteiger partial charge in [0.15, 0.2) is 5.78 Å². The standard InChI is InChI=1S/C36H30O5/c37-29-17-25(21-9-3-1-4-10-21)18-30-32(29)33-27-15-23-13-7-8-14-24(23)16-28(27)34(39)36(33)31(38)19-26(20-35(36,40)41-30)22-11-5-2-6-12-22/h1-16,25-26,33-34,39-40H,17-20H2/t25?,26?,33-,34+,35+,36+/m1/s1. The molecule has 8 rings (SSSR count). The molecule has 0 saturated heterocycles. The summed E-state index contributed by atoms with van der Waals surface area (Å²) in [6.07, 6.45) is -0.277. The number of aliphatic hydroxyl groups is 2. The summed E-state index contributed by atoms with van der Waals surface area (Å²) in [5.41, 5.74) is 2.06. The van der Waals surface area contributed by atoms with Crippen LogP contribution in [0.2, 0.25) is 0 Å².